The summed E-state index contributed by atoms with van der Waals surface area (Å²) in [5.41, 5.74) is -1.16. The van der Waals surface area contributed by atoms with E-state index in [1.165, 1.54) is 0 Å². The van der Waals surface area contributed by atoms with Crippen molar-refractivity contribution < 1.29 is 14.7 Å². The second kappa shape index (κ2) is 6.62. The van der Waals surface area contributed by atoms with E-state index >= 15 is 0 Å². The first-order chi connectivity index (χ1) is 7.82. The lowest BCUT2D eigenvalue weighted by Crippen LogP contribution is -2.53. The molecule has 0 fully saturated rings. The first kappa shape index (κ1) is 15.9. The number of aliphatic carboxylic acids is 1. The van der Waals surface area contributed by atoms with Crippen molar-refractivity contribution in [3.63, 3.8) is 0 Å². The Labute approximate surface area is 104 Å². The van der Waals surface area contributed by atoms with Crippen molar-refractivity contribution in [3.05, 3.63) is 0 Å². The molecule has 0 radical (unpaired) electrons. The molecule has 2 atom stereocenters. The van der Waals surface area contributed by atoms with Crippen molar-refractivity contribution in [2.75, 3.05) is 0 Å². The fourth-order valence-electron chi connectivity index (χ4n) is 1.89. The van der Waals surface area contributed by atoms with Crippen LogP contribution in [0.4, 0.5) is 0 Å². The van der Waals surface area contributed by atoms with E-state index in [9.17, 15) is 9.59 Å². The van der Waals surface area contributed by atoms with Gasteiger partial charge in [0.05, 0.1) is 0 Å². The molecule has 0 heterocycles. The zero-order valence-corrected chi connectivity index (χ0v) is 11.5. The third-order valence-corrected chi connectivity index (χ3v) is 3.75. The predicted octanol–water partition coefficient (Wildman–Crippen LogP) is 2.43. The Balaban J connectivity index is 4.68. The Hall–Kier alpha value is -1.06. The first-order valence-electron chi connectivity index (χ1n) is 6.37. The van der Waals surface area contributed by atoms with Crippen molar-refractivity contribution in [2.24, 2.45) is 11.8 Å². The highest BCUT2D eigenvalue weighted by atomic mass is 16.4. The van der Waals surface area contributed by atoms with Crippen LogP contribution in [0, 0.1) is 11.8 Å². The van der Waals surface area contributed by atoms with Crippen LogP contribution in [0.3, 0.4) is 0 Å². The van der Waals surface area contributed by atoms with Gasteiger partial charge in [0.25, 0.3) is 0 Å². The fraction of sp³-hybridized carbons (Fsp3) is 0.846. The monoisotopic (exact) mass is 243 g/mol. The van der Waals surface area contributed by atoms with Crippen molar-refractivity contribution in [3.8, 4) is 0 Å². The molecule has 100 valence electrons. The molecular weight excluding hydrogens is 218 g/mol. The Bertz CT molecular complexity index is 274. The largest absolute Gasteiger partial charge is 0.480 e. The molecule has 2 N–H and O–H groups in total. The van der Waals surface area contributed by atoms with Crippen LogP contribution >= 0.6 is 0 Å². The maximum Gasteiger partial charge on any atom is 0.329 e. The molecule has 0 rings (SSSR count). The Morgan fingerprint density at radius 1 is 1.24 bits per heavy atom. The summed E-state index contributed by atoms with van der Waals surface area (Å²) >= 11 is 0. The summed E-state index contributed by atoms with van der Waals surface area (Å²) in [6.45, 7) is 9.27. The average molecular weight is 243 g/mol. The van der Waals surface area contributed by atoms with Gasteiger partial charge in [-0.2, -0.15) is 0 Å². The molecule has 4 nitrogen and oxygen atoms in total. The van der Waals surface area contributed by atoms with Crippen LogP contribution in [-0.4, -0.2) is 22.5 Å². The molecule has 0 aromatic rings. The van der Waals surface area contributed by atoms with Crippen molar-refractivity contribution in [1.29, 1.82) is 0 Å². The van der Waals surface area contributed by atoms with Crippen LogP contribution in [0.2, 0.25) is 0 Å². The topological polar surface area (TPSA) is 66.4 Å². The molecule has 1 amide bonds. The minimum absolute atomic E-state index is 0.143. The van der Waals surface area contributed by atoms with E-state index in [0.717, 1.165) is 12.8 Å². The molecule has 2 unspecified atom stereocenters. The van der Waals surface area contributed by atoms with E-state index in [1.807, 2.05) is 20.8 Å². The molecule has 0 aliphatic heterocycles. The highest BCUT2D eigenvalue weighted by Crippen LogP contribution is 2.21. The SMILES string of the molecule is CCC(CC)C(C)C(=O)NC(C)(CC)C(=O)O. The number of carboxylic acid groups (broad SMARTS) is 1. The van der Waals surface area contributed by atoms with Gasteiger partial charge in [0.15, 0.2) is 0 Å². The van der Waals surface area contributed by atoms with Gasteiger partial charge in [-0.15, -0.1) is 0 Å². The van der Waals surface area contributed by atoms with Gasteiger partial charge in [-0.1, -0.05) is 40.5 Å². The lowest BCUT2D eigenvalue weighted by molar-refractivity contribution is -0.148. The van der Waals surface area contributed by atoms with Crippen molar-refractivity contribution in [2.45, 2.75) is 59.4 Å². The van der Waals surface area contributed by atoms with Crippen LogP contribution in [-0.2, 0) is 9.59 Å². The van der Waals surface area contributed by atoms with Crippen LogP contribution in [0.15, 0.2) is 0 Å². The molecular formula is C13H25NO3. The lowest BCUT2D eigenvalue weighted by atomic mass is 9.87. The number of rotatable bonds is 7. The van der Waals surface area contributed by atoms with Crippen LogP contribution in [0.1, 0.15) is 53.9 Å². The Kier molecular flexibility index (Phi) is 6.21. The number of nitrogens with one attached hydrogen (secondary N) is 1. The van der Waals surface area contributed by atoms with E-state index in [1.54, 1.807) is 13.8 Å². The second-order valence-corrected chi connectivity index (χ2v) is 4.85. The summed E-state index contributed by atoms with van der Waals surface area (Å²) in [7, 11) is 0. The summed E-state index contributed by atoms with van der Waals surface area (Å²) in [5, 5.41) is 11.8. The molecule has 4 heteroatoms. The van der Waals surface area contributed by atoms with Crippen molar-refractivity contribution >= 4 is 11.9 Å². The number of carbonyl (C=O) groups is 2. The molecule has 17 heavy (non-hydrogen) atoms. The highest BCUT2D eigenvalue weighted by molar-refractivity contribution is 5.87. The van der Waals surface area contributed by atoms with Crippen molar-refractivity contribution in [1.82, 2.24) is 5.32 Å². The van der Waals surface area contributed by atoms with Gasteiger partial charge >= 0.3 is 5.97 Å². The molecule has 0 saturated carbocycles. The molecule has 0 aliphatic rings. The van der Waals surface area contributed by atoms with Gasteiger partial charge < -0.3 is 10.4 Å². The number of hydrogen-bond donors (Lipinski definition) is 2. The molecule has 0 bridgehead atoms. The zero-order valence-electron chi connectivity index (χ0n) is 11.5. The molecule has 0 aromatic carbocycles. The standard InChI is InChI=1S/C13H25NO3/c1-6-10(7-2)9(4)11(15)14-13(5,8-3)12(16)17/h9-10H,6-8H2,1-5H3,(H,14,15)(H,16,17). The van der Waals surface area contributed by atoms with E-state index in [-0.39, 0.29) is 11.8 Å². The van der Waals surface area contributed by atoms with Gasteiger partial charge in [0, 0.05) is 5.92 Å². The van der Waals surface area contributed by atoms with Gasteiger partial charge in [0.2, 0.25) is 5.91 Å². The van der Waals surface area contributed by atoms with Gasteiger partial charge in [-0.3, -0.25) is 4.79 Å². The second-order valence-electron chi connectivity index (χ2n) is 4.85. The smallest absolute Gasteiger partial charge is 0.329 e. The average Bonchev–Trinajstić information content (AvgIpc) is 2.29. The number of amides is 1. The summed E-state index contributed by atoms with van der Waals surface area (Å²) in [5.74, 6) is -0.976. The number of carbonyl (C=O) groups excluding carboxylic acids is 1. The van der Waals surface area contributed by atoms with Crippen LogP contribution in [0.5, 0.6) is 0 Å². The number of carboxylic acids is 1. The first-order valence-corrected chi connectivity index (χ1v) is 6.37. The molecule has 0 aromatic heterocycles. The minimum Gasteiger partial charge on any atom is -0.480 e. The van der Waals surface area contributed by atoms with E-state index in [2.05, 4.69) is 5.32 Å². The van der Waals surface area contributed by atoms with E-state index in [0.29, 0.717) is 12.3 Å². The summed E-state index contributed by atoms with van der Waals surface area (Å²) in [6.07, 6.45) is 2.24. The van der Waals surface area contributed by atoms with Crippen LogP contribution < -0.4 is 5.32 Å². The highest BCUT2D eigenvalue weighted by Gasteiger charge is 2.35. The number of hydrogen-bond acceptors (Lipinski definition) is 2. The molecule has 0 aliphatic carbocycles. The zero-order chi connectivity index (χ0) is 13.6. The summed E-state index contributed by atoms with van der Waals surface area (Å²) < 4.78 is 0. The summed E-state index contributed by atoms with van der Waals surface area (Å²) in [4.78, 5) is 23.1. The van der Waals surface area contributed by atoms with E-state index in [4.69, 9.17) is 5.11 Å². The normalized spacial score (nSPS) is 16.4. The van der Waals surface area contributed by atoms with Gasteiger partial charge in [-0.05, 0) is 19.3 Å². The maximum absolute atomic E-state index is 12.0. The fourth-order valence-corrected chi connectivity index (χ4v) is 1.89. The maximum atomic E-state index is 12.0. The lowest BCUT2D eigenvalue weighted by Gasteiger charge is -2.28. The summed E-state index contributed by atoms with van der Waals surface area (Å²) in [6, 6.07) is 0. The quantitative estimate of drug-likeness (QED) is 0.721. The molecule has 0 spiro atoms. The Morgan fingerprint density at radius 3 is 2.00 bits per heavy atom. The van der Waals surface area contributed by atoms with Gasteiger partial charge in [-0.25, -0.2) is 4.79 Å². The third-order valence-electron chi connectivity index (χ3n) is 3.75. The predicted molar refractivity (Wildman–Crippen MR) is 67.7 cm³/mol. The van der Waals surface area contributed by atoms with E-state index < -0.39 is 11.5 Å². The van der Waals surface area contributed by atoms with Gasteiger partial charge in [0.1, 0.15) is 5.54 Å². The molecule has 0 saturated heterocycles. The Morgan fingerprint density at radius 2 is 1.71 bits per heavy atom. The minimum atomic E-state index is -1.16. The van der Waals surface area contributed by atoms with Crippen LogP contribution in [0.25, 0.3) is 0 Å². The third kappa shape index (κ3) is 4.02.